The second kappa shape index (κ2) is 6.53. The number of hydrogen-bond acceptors (Lipinski definition) is 3. The molecule has 0 aliphatic carbocycles. The lowest BCUT2D eigenvalue weighted by Gasteiger charge is -2.18. The molecule has 1 aromatic rings. The molecule has 0 fully saturated rings. The molecular formula is C13H14ClFN2O4. The predicted octanol–water partition coefficient (Wildman–Crippen LogP) is 2.63. The number of benzene rings is 1. The van der Waals surface area contributed by atoms with Gasteiger partial charge in [-0.25, -0.2) is 9.18 Å². The molecule has 0 unspecified atom stereocenters. The Balaban J connectivity index is 2.64. The standard InChI is InChI=1S/C13H14ClFN2O4/c1-13(2,11(19)20)6-10(18)17-12(21)16-9-5-7(15)3-4-8(9)14/h3-5H,6H2,1-2H3,(H,19,20)(H2,16,17,18,21). The number of imide groups is 1. The molecule has 0 radical (unpaired) electrons. The molecule has 0 spiro atoms. The fourth-order valence-electron chi connectivity index (χ4n) is 1.39. The van der Waals surface area contributed by atoms with E-state index in [2.05, 4.69) is 5.32 Å². The van der Waals surface area contributed by atoms with Crippen LogP contribution in [0.5, 0.6) is 0 Å². The normalized spacial score (nSPS) is 10.9. The van der Waals surface area contributed by atoms with Crippen molar-refractivity contribution in [2.75, 3.05) is 5.32 Å². The maximum Gasteiger partial charge on any atom is 0.325 e. The van der Waals surface area contributed by atoms with Gasteiger partial charge in [0.25, 0.3) is 0 Å². The summed E-state index contributed by atoms with van der Waals surface area (Å²) in [5.41, 5.74) is -1.31. The monoisotopic (exact) mass is 316 g/mol. The van der Waals surface area contributed by atoms with Gasteiger partial charge in [0.1, 0.15) is 5.82 Å². The number of urea groups is 1. The van der Waals surface area contributed by atoms with Crippen molar-refractivity contribution in [2.24, 2.45) is 5.41 Å². The lowest BCUT2D eigenvalue weighted by Crippen LogP contribution is -2.38. The molecule has 0 aliphatic heterocycles. The van der Waals surface area contributed by atoms with Crippen LogP contribution in [-0.4, -0.2) is 23.0 Å². The molecule has 0 aliphatic rings. The predicted molar refractivity (Wildman–Crippen MR) is 74.6 cm³/mol. The number of carbonyl (C=O) groups is 3. The highest BCUT2D eigenvalue weighted by molar-refractivity contribution is 6.33. The van der Waals surface area contributed by atoms with Crippen LogP contribution in [0.15, 0.2) is 18.2 Å². The number of carbonyl (C=O) groups excluding carboxylic acids is 2. The topological polar surface area (TPSA) is 95.5 Å². The van der Waals surface area contributed by atoms with Gasteiger partial charge in [0.2, 0.25) is 5.91 Å². The van der Waals surface area contributed by atoms with Crippen molar-refractivity contribution < 1.29 is 23.9 Å². The highest BCUT2D eigenvalue weighted by Crippen LogP contribution is 2.22. The first-order valence-corrected chi connectivity index (χ1v) is 6.29. The molecule has 1 aromatic carbocycles. The van der Waals surface area contributed by atoms with Crippen molar-refractivity contribution in [3.63, 3.8) is 0 Å². The van der Waals surface area contributed by atoms with E-state index in [9.17, 15) is 18.8 Å². The number of carboxylic acid groups (broad SMARTS) is 1. The van der Waals surface area contributed by atoms with Crippen LogP contribution >= 0.6 is 11.6 Å². The van der Waals surface area contributed by atoms with Crippen LogP contribution in [0.3, 0.4) is 0 Å². The second-order valence-electron chi connectivity index (χ2n) is 4.99. The molecule has 3 amide bonds. The van der Waals surface area contributed by atoms with Crippen molar-refractivity contribution in [1.29, 1.82) is 0 Å². The number of nitrogens with one attached hydrogen (secondary N) is 2. The molecule has 8 heteroatoms. The molecule has 3 N–H and O–H groups in total. The summed E-state index contributed by atoms with van der Waals surface area (Å²) in [5, 5.41) is 13.1. The summed E-state index contributed by atoms with van der Waals surface area (Å²) in [7, 11) is 0. The summed E-state index contributed by atoms with van der Waals surface area (Å²) < 4.78 is 13.0. The fraction of sp³-hybridized carbons (Fsp3) is 0.308. The van der Waals surface area contributed by atoms with E-state index in [0.29, 0.717) is 0 Å². The summed E-state index contributed by atoms with van der Waals surface area (Å²) in [4.78, 5) is 34.0. The van der Waals surface area contributed by atoms with E-state index in [4.69, 9.17) is 16.7 Å². The third-order valence-electron chi connectivity index (χ3n) is 2.61. The Bertz CT molecular complexity index is 590. The van der Waals surface area contributed by atoms with Crippen LogP contribution in [0.25, 0.3) is 0 Å². The van der Waals surface area contributed by atoms with Crippen LogP contribution < -0.4 is 10.6 Å². The third-order valence-corrected chi connectivity index (χ3v) is 2.94. The lowest BCUT2D eigenvalue weighted by atomic mass is 9.89. The van der Waals surface area contributed by atoms with Gasteiger partial charge in [0, 0.05) is 6.42 Å². The Kier molecular flexibility index (Phi) is 5.26. The minimum atomic E-state index is -1.30. The van der Waals surface area contributed by atoms with E-state index in [-0.39, 0.29) is 17.1 Å². The Morgan fingerprint density at radius 3 is 2.52 bits per heavy atom. The summed E-state index contributed by atoms with van der Waals surface area (Å²) in [5.74, 6) is -2.54. The fourth-order valence-corrected chi connectivity index (χ4v) is 1.56. The van der Waals surface area contributed by atoms with Gasteiger partial charge in [-0.1, -0.05) is 11.6 Å². The molecule has 0 bridgehead atoms. The molecular weight excluding hydrogens is 303 g/mol. The summed E-state index contributed by atoms with van der Waals surface area (Å²) in [6, 6.07) is 2.44. The number of aliphatic carboxylic acids is 1. The highest BCUT2D eigenvalue weighted by atomic mass is 35.5. The van der Waals surface area contributed by atoms with E-state index in [1.165, 1.54) is 19.9 Å². The first-order chi connectivity index (χ1) is 9.61. The van der Waals surface area contributed by atoms with Crippen LogP contribution in [0.1, 0.15) is 20.3 Å². The van der Waals surface area contributed by atoms with Gasteiger partial charge in [-0.05, 0) is 32.0 Å². The van der Waals surface area contributed by atoms with Crippen LogP contribution in [-0.2, 0) is 9.59 Å². The maximum absolute atomic E-state index is 13.0. The summed E-state index contributed by atoms with van der Waals surface area (Å²) in [6.07, 6.45) is -0.382. The summed E-state index contributed by atoms with van der Waals surface area (Å²) in [6.45, 7) is 2.71. The Morgan fingerprint density at radius 1 is 1.33 bits per heavy atom. The number of anilines is 1. The van der Waals surface area contributed by atoms with E-state index < -0.39 is 29.1 Å². The largest absolute Gasteiger partial charge is 0.481 e. The van der Waals surface area contributed by atoms with Crippen LogP contribution in [0, 0.1) is 11.2 Å². The SMILES string of the molecule is CC(C)(CC(=O)NC(=O)Nc1cc(F)ccc1Cl)C(=O)O. The number of rotatable bonds is 4. The van der Waals surface area contributed by atoms with Crippen molar-refractivity contribution in [3.8, 4) is 0 Å². The molecule has 0 aromatic heterocycles. The molecule has 1 rings (SSSR count). The highest BCUT2D eigenvalue weighted by Gasteiger charge is 2.30. The van der Waals surface area contributed by atoms with Crippen molar-refractivity contribution in [3.05, 3.63) is 29.0 Å². The third kappa shape index (κ3) is 5.03. The van der Waals surface area contributed by atoms with Gasteiger partial charge in [0.15, 0.2) is 0 Å². The summed E-state index contributed by atoms with van der Waals surface area (Å²) >= 11 is 5.75. The molecule has 114 valence electrons. The van der Waals surface area contributed by atoms with Gasteiger partial charge in [0.05, 0.1) is 16.1 Å². The maximum atomic E-state index is 13.0. The lowest BCUT2D eigenvalue weighted by molar-refractivity contribution is -0.149. The Hall–Kier alpha value is -2.15. The van der Waals surface area contributed by atoms with Crippen molar-refractivity contribution >= 4 is 35.2 Å². The minimum absolute atomic E-state index is 0.000499. The zero-order valence-corrected chi connectivity index (χ0v) is 12.1. The van der Waals surface area contributed by atoms with Gasteiger partial charge in [-0.15, -0.1) is 0 Å². The number of halogens is 2. The van der Waals surface area contributed by atoms with E-state index in [1.54, 1.807) is 0 Å². The van der Waals surface area contributed by atoms with Gasteiger partial charge in [-0.2, -0.15) is 0 Å². The zero-order chi connectivity index (χ0) is 16.2. The van der Waals surface area contributed by atoms with Crippen LogP contribution in [0.2, 0.25) is 5.02 Å². The molecule has 6 nitrogen and oxygen atoms in total. The molecule has 21 heavy (non-hydrogen) atoms. The number of amides is 3. The number of carboxylic acids is 1. The van der Waals surface area contributed by atoms with Gasteiger partial charge in [-0.3, -0.25) is 14.9 Å². The Morgan fingerprint density at radius 2 is 1.95 bits per heavy atom. The van der Waals surface area contributed by atoms with E-state index >= 15 is 0 Å². The van der Waals surface area contributed by atoms with Crippen LogP contribution in [0.4, 0.5) is 14.9 Å². The minimum Gasteiger partial charge on any atom is -0.481 e. The molecule has 0 atom stereocenters. The average molecular weight is 317 g/mol. The second-order valence-corrected chi connectivity index (χ2v) is 5.40. The number of hydrogen-bond donors (Lipinski definition) is 3. The molecule has 0 saturated heterocycles. The first kappa shape index (κ1) is 16.9. The smallest absolute Gasteiger partial charge is 0.325 e. The first-order valence-electron chi connectivity index (χ1n) is 5.91. The quantitative estimate of drug-likeness (QED) is 0.795. The van der Waals surface area contributed by atoms with E-state index in [1.807, 2.05) is 5.32 Å². The van der Waals surface area contributed by atoms with Gasteiger partial charge < -0.3 is 10.4 Å². The van der Waals surface area contributed by atoms with E-state index in [0.717, 1.165) is 12.1 Å². The molecule has 0 heterocycles. The van der Waals surface area contributed by atoms with Crippen molar-refractivity contribution in [2.45, 2.75) is 20.3 Å². The van der Waals surface area contributed by atoms with Crippen molar-refractivity contribution in [1.82, 2.24) is 5.32 Å². The Labute approximate surface area is 125 Å². The zero-order valence-electron chi connectivity index (χ0n) is 11.4. The average Bonchev–Trinajstić information content (AvgIpc) is 2.32. The molecule has 0 saturated carbocycles. The van der Waals surface area contributed by atoms with Gasteiger partial charge >= 0.3 is 12.0 Å².